The Kier molecular flexibility index (Phi) is 6.37. The minimum absolute atomic E-state index is 0.0318. The Bertz CT molecular complexity index is 3300. The average Bonchev–Trinajstić information content (AvgIpc) is 3.74. The molecule has 3 heterocycles. The maximum absolute atomic E-state index is 14.9. The largest absolute Gasteiger partial charge is 0.309 e. The molecule has 248 valence electrons. The average molecular weight is 678 g/mol. The van der Waals surface area contributed by atoms with Crippen LogP contribution in [0.15, 0.2) is 193 Å². The molecule has 0 amide bonds. The molecule has 0 aliphatic heterocycles. The Labute approximate surface area is 304 Å². The second-order valence-corrected chi connectivity index (χ2v) is 13.7. The first-order valence-corrected chi connectivity index (χ1v) is 18.0. The van der Waals surface area contributed by atoms with E-state index < -0.39 is 0 Å². The van der Waals surface area contributed by atoms with Crippen molar-refractivity contribution in [3.8, 4) is 28.2 Å². The Morgan fingerprint density at radius 1 is 0.321 bits per heavy atom. The van der Waals surface area contributed by atoms with Gasteiger partial charge in [0, 0.05) is 38.6 Å². The number of hydrogen-bond donors (Lipinski definition) is 0. The second kappa shape index (κ2) is 11.4. The van der Waals surface area contributed by atoms with Crippen LogP contribution < -0.4 is 5.56 Å². The molecule has 4 heteroatoms. The van der Waals surface area contributed by atoms with Crippen molar-refractivity contribution in [3.05, 3.63) is 198 Å². The highest BCUT2D eigenvalue weighted by Crippen LogP contribution is 2.39. The third kappa shape index (κ3) is 4.39. The molecule has 4 nitrogen and oxygen atoms in total. The van der Waals surface area contributed by atoms with Gasteiger partial charge in [-0.05, 0) is 94.7 Å². The number of pyridine rings is 1. The SMILES string of the molecule is O=c1c2c3cc(-c4ccc5c(c4)c4ccccc4n5-c4ccc5ccccc5c4)ccc3n(-c3ccccc3)c2c2ccccc2n1-c1ccccc1. The quantitative estimate of drug-likeness (QED) is 0.182. The molecule has 0 fully saturated rings. The summed E-state index contributed by atoms with van der Waals surface area (Å²) in [5.41, 5.74) is 10.3. The van der Waals surface area contributed by atoms with Gasteiger partial charge in [0.15, 0.2) is 0 Å². The molecule has 53 heavy (non-hydrogen) atoms. The summed E-state index contributed by atoms with van der Waals surface area (Å²) in [6, 6.07) is 65.8. The van der Waals surface area contributed by atoms with Crippen LogP contribution in [0.25, 0.3) is 93.5 Å². The van der Waals surface area contributed by atoms with E-state index in [1.54, 1.807) is 0 Å². The zero-order valence-electron chi connectivity index (χ0n) is 28.6. The zero-order chi connectivity index (χ0) is 35.0. The molecule has 0 saturated heterocycles. The van der Waals surface area contributed by atoms with E-state index in [1.165, 1.54) is 27.1 Å². The molecule has 0 aliphatic carbocycles. The van der Waals surface area contributed by atoms with E-state index in [1.807, 2.05) is 53.1 Å². The van der Waals surface area contributed by atoms with Gasteiger partial charge in [0.1, 0.15) is 0 Å². The maximum atomic E-state index is 14.9. The molecule has 0 saturated carbocycles. The van der Waals surface area contributed by atoms with Gasteiger partial charge in [0.05, 0.1) is 33.0 Å². The number of fused-ring (bicyclic) bond motifs is 9. The van der Waals surface area contributed by atoms with E-state index in [4.69, 9.17) is 0 Å². The van der Waals surface area contributed by atoms with E-state index in [9.17, 15) is 4.79 Å². The van der Waals surface area contributed by atoms with Gasteiger partial charge in [-0.2, -0.15) is 0 Å². The van der Waals surface area contributed by atoms with E-state index in [0.29, 0.717) is 5.39 Å². The Morgan fingerprint density at radius 2 is 0.849 bits per heavy atom. The summed E-state index contributed by atoms with van der Waals surface area (Å²) in [5.74, 6) is 0. The summed E-state index contributed by atoms with van der Waals surface area (Å²) in [6.07, 6.45) is 0. The maximum Gasteiger partial charge on any atom is 0.265 e. The fourth-order valence-electron chi connectivity index (χ4n) is 8.46. The number of nitrogens with zero attached hydrogens (tertiary/aromatic N) is 3. The number of para-hydroxylation sites is 4. The molecule has 0 N–H and O–H groups in total. The first kappa shape index (κ1) is 29.5. The van der Waals surface area contributed by atoms with Crippen molar-refractivity contribution in [1.82, 2.24) is 13.7 Å². The lowest BCUT2D eigenvalue weighted by Gasteiger charge is -2.14. The first-order chi connectivity index (χ1) is 26.2. The van der Waals surface area contributed by atoms with Gasteiger partial charge in [0.2, 0.25) is 0 Å². The normalized spacial score (nSPS) is 11.8. The Balaban J connectivity index is 1.19. The van der Waals surface area contributed by atoms with Crippen molar-refractivity contribution < 1.29 is 0 Å². The van der Waals surface area contributed by atoms with Crippen molar-refractivity contribution in [1.29, 1.82) is 0 Å². The van der Waals surface area contributed by atoms with Crippen molar-refractivity contribution >= 4 is 65.3 Å². The standard InChI is InChI=1S/C49H31N3O/c53-49-47-42-31-35(34-24-27-45-41(30-34)39-19-9-11-21-43(39)50(45)38-26-23-32-13-7-8-14-33(32)29-38)25-28-46(42)51(36-15-3-1-4-16-36)48(47)40-20-10-12-22-44(40)52(49)37-17-5-2-6-18-37/h1-31H. The van der Waals surface area contributed by atoms with Gasteiger partial charge in [0.25, 0.3) is 5.56 Å². The fourth-order valence-corrected chi connectivity index (χ4v) is 8.46. The van der Waals surface area contributed by atoms with Crippen molar-refractivity contribution in [2.45, 2.75) is 0 Å². The number of hydrogen-bond acceptors (Lipinski definition) is 1. The van der Waals surface area contributed by atoms with Gasteiger partial charge in [-0.3, -0.25) is 9.36 Å². The molecule has 11 rings (SSSR count). The van der Waals surface area contributed by atoms with Crippen LogP contribution in [0.1, 0.15) is 0 Å². The van der Waals surface area contributed by atoms with Crippen LogP contribution in [0.2, 0.25) is 0 Å². The Morgan fingerprint density at radius 3 is 1.57 bits per heavy atom. The highest BCUT2D eigenvalue weighted by atomic mass is 16.1. The predicted molar refractivity (Wildman–Crippen MR) is 221 cm³/mol. The van der Waals surface area contributed by atoms with Crippen LogP contribution in [-0.4, -0.2) is 13.7 Å². The number of rotatable bonds is 4. The molecule has 0 unspecified atom stereocenters. The smallest absolute Gasteiger partial charge is 0.265 e. The third-order valence-electron chi connectivity index (χ3n) is 10.8. The zero-order valence-corrected chi connectivity index (χ0v) is 28.6. The summed E-state index contributed by atoms with van der Waals surface area (Å²) in [6.45, 7) is 0. The van der Waals surface area contributed by atoms with Crippen molar-refractivity contribution in [2.24, 2.45) is 0 Å². The molecule has 0 aliphatic rings. The van der Waals surface area contributed by atoms with Gasteiger partial charge < -0.3 is 9.13 Å². The molecular weight excluding hydrogens is 647 g/mol. The fraction of sp³-hybridized carbons (Fsp3) is 0. The molecule has 0 spiro atoms. The lowest BCUT2D eigenvalue weighted by atomic mass is 10.0. The van der Waals surface area contributed by atoms with Gasteiger partial charge in [-0.25, -0.2) is 0 Å². The molecule has 3 aromatic heterocycles. The number of aromatic nitrogens is 3. The monoisotopic (exact) mass is 677 g/mol. The van der Waals surface area contributed by atoms with E-state index in [2.05, 4.69) is 149 Å². The number of benzene rings is 8. The van der Waals surface area contributed by atoms with Crippen LogP contribution in [0.5, 0.6) is 0 Å². The predicted octanol–water partition coefficient (Wildman–Crippen LogP) is 12.0. The van der Waals surface area contributed by atoms with Gasteiger partial charge in [-0.1, -0.05) is 115 Å². The van der Waals surface area contributed by atoms with E-state index in [0.717, 1.165) is 61.0 Å². The molecule has 11 aromatic rings. The van der Waals surface area contributed by atoms with Crippen LogP contribution in [-0.2, 0) is 0 Å². The summed E-state index contributed by atoms with van der Waals surface area (Å²) in [7, 11) is 0. The van der Waals surface area contributed by atoms with E-state index in [-0.39, 0.29) is 5.56 Å². The van der Waals surface area contributed by atoms with Gasteiger partial charge in [-0.15, -0.1) is 0 Å². The molecule has 0 bridgehead atoms. The summed E-state index contributed by atoms with van der Waals surface area (Å²) in [5, 5.41) is 7.51. The summed E-state index contributed by atoms with van der Waals surface area (Å²) < 4.78 is 6.50. The van der Waals surface area contributed by atoms with Gasteiger partial charge >= 0.3 is 0 Å². The summed E-state index contributed by atoms with van der Waals surface area (Å²) >= 11 is 0. The molecular formula is C49H31N3O. The topological polar surface area (TPSA) is 31.9 Å². The minimum Gasteiger partial charge on any atom is -0.309 e. The van der Waals surface area contributed by atoms with Crippen molar-refractivity contribution in [3.63, 3.8) is 0 Å². The molecule has 0 radical (unpaired) electrons. The first-order valence-electron chi connectivity index (χ1n) is 18.0. The van der Waals surface area contributed by atoms with Crippen LogP contribution >= 0.6 is 0 Å². The van der Waals surface area contributed by atoms with Crippen LogP contribution in [0.4, 0.5) is 0 Å². The highest BCUT2D eigenvalue weighted by Gasteiger charge is 2.22. The van der Waals surface area contributed by atoms with Crippen molar-refractivity contribution in [2.75, 3.05) is 0 Å². The minimum atomic E-state index is -0.0318. The van der Waals surface area contributed by atoms with Crippen LogP contribution in [0, 0.1) is 0 Å². The Hall–Kier alpha value is -7.17. The molecule has 8 aromatic carbocycles. The lowest BCUT2D eigenvalue weighted by molar-refractivity contribution is 1.06. The highest BCUT2D eigenvalue weighted by molar-refractivity contribution is 6.19. The summed E-state index contributed by atoms with van der Waals surface area (Å²) in [4.78, 5) is 14.9. The third-order valence-corrected chi connectivity index (χ3v) is 10.8. The lowest BCUT2D eigenvalue weighted by Crippen LogP contribution is -2.19. The molecule has 0 atom stereocenters. The second-order valence-electron chi connectivity index (χ2n) is 13.7. The van der Waals surface area contributed by atoms with E-state index >= 15 is 0 Å². The van der Waals surface area contributed by atoms with Crippen LogP contribution in [0.3, 0.4) is 0 Å².